The van der Waals surface area contributed by atoms with Gasteiger partial charge in [0.25, 0.3) is 15.0 Å². The first-order valence-electron chi connectivity index (χ1n) is 5.88. The topological polar surface area (TPSA) is 89.5 Å². The van der Waals surface area contributed by atoms with Crippen molar-refractivity contribution in [2.45, 2.75) is 24.8 Å². The Morgan fingerprint density at radius 3 is 2.52 bits per heavy atom. The molecule has 0 radical (unpaired) electrons. The van der Waals surface area contributed by atoms with Crippen molar-refractivity contribution >= 4 is 31.6 Å². The molecule has 0 saturated carbocycles. The zero-order chi connectivity index (χ0) is 16.2. The van der Waals surface area contributed by atoms with Crippen LogP contribution in [0.4, 0.5) is 4.39 Å². The average Bonchev–Trinajstić information content (AvgIpc) is 2.37. The SMILES string of the molecule is CCOC(=O)C(C)NC(=O)c1ccc(S(=O)(=O)Cl)cc1F. The van der Waals surface area contributed by atoms with E-state index in [-0.39, 0.29) is 6.61 Å². The monoisotopic (exact) mass is 337 g/mol. The van der Waals surface area contributed by atoms with E-state index < -0.39 is 43.2 Å². The van der Waals surface area contributed by atoms with Crippen molar-refractivity contribution in [1.29, 1.82) is 0 Å². The summed E-state index contributed by atoms with van der Waals surface area (Å²) in [6.07, 6.45) is 0. The maximum absolute atomic E-state index is 13.7. The van der Waals surface area contributed by atoms with Crippen LogP contribution in [0, 0.1) is 5.82 Å². The zero-order valence-electron chi connectivity index (χ0n) is 11.2. The molecule has 0 fully saturated rings. The maximum Gasteiger partial charge on any atom is 0.328 e. The molecule has 0 aliphatic heterocycles. The number of benzene rings is 1. The first-order chi connectivity index (χ1) is 9.66. The Balaban J connectivity index is 2.92. The third-order valence-corrected chi connectivity index (χ3v) is 3.81. The van der Waals surface area contributed by atoms with Gasteiger partial charge in [0.1, 0.15) is 11.9 Å². The number of carbonyl (C=O) groups excluding carboxylic acids is 2. The summed E-state index contributed by atoms with van der Waals surface area (Å²) in [5, 5.41) is 2.24. The van der Waals surface area contributed by atoms with Crippen molar-refractivity contribution in [3.05, 3.63) is 29.6 Å². The van der Waals surface area contributed by atoms with E-state index in [2.05, 4.69) is 5.32 Å². The van der Waals surface area contributed by atoms with Crippen molar-refractivity contribution in [3.8, 4) is 0 Å². The molecule has 0 aromatic heterocycles. The lowest BCUT2D eigenvalue weighted by molar-refractivity contribution is -0.144. The Kier molecular flexibility index (Phi) is 5.68. The van der Waals surface area contributed by atoms with Gasteiger partial charge >= 0.3 is 5.97 Å². The fourth-order valence-electron chi connectivity index (χ4n) is 1.43. The molecule has 1 N–H and O–H groups in total. The van der Waals surface area contributed by atoms with E-state index in [1.807, 2.05) is 0 Å². The molecule has 21 heavy (non-hydrogen) atoms. The second kappa shape index (κ2) is 6.86. The minimum atomic E-state index is -4.09. The van der Waals surface area contributed by atoms with Crippen molar-refractivity contribution in [1.82, 2.24) is 5.32 Å². The van der Waals surface area contributed by atoms with Crippen molar-refractivity contribution < 1.29 is 27.1 Å². The van der Waals surface area contributed by atoms with Gasteiger partial charge < -0.3 is 10.1 Å². The van der Waals surface area contributed by atoms with Gasteiger partial charge in [0.15, 0.2) is 0 Å². The Hall–Kier alpha value is -1.67. The molecule has 1 aromatic rings. The van der Waals surface area contributed by atoms with Gasteiger partial charge in [-0.05, 0) is 32.0 Å². The van der Waals surface area contributed by atoms with E-state index in [1.165, 1.54) is 6.92 Å². The first-order valence-corrected chi connectivity index (χ1v) is 8.19. The predicted molar refractivity (Wildman–Crippen MR) is 73.0 cm³/mol. The summed E-state index contributed by atoms with van der Waals surface area (Å²) < 4.78 is 40.5. The number of rotatable bonds is 5. The van der Waals surface area contributed by atoms with Crippen LogP contribution in [0.3, 0.4) is 0 Å². The summed E-state index contributed by atoms with van der Waals surface area (Å²) in [5.41, 5.74) is -0.407. The largest absolute Gasteiger partial charge is 0.464 e. The van der Waals surface area contributed by atoms with E-state index in [0.717, 1.165) is 12.1 Å². The Bertz CT molecular complexity index is 662. The normalized spacial score (nSPS) is 12.6. The highest BCUT2D eigenvalue weighted by atomic mass is 35.7. The lowest BCUT2D eigenvalue weighted by Gasteiger charge is -2.13. The van der Waals surface area contributed by atoms with Crippen LogP contribution in [-0.4, -0.2) is 32.9 Å². The second-order valence-corrected chi connectivity index (χ2v) is 6.59. The number of carbonyl (C=O) groups is 2. The fraction of sp³-hybridized carbons (Fsp3) is 0.333. The van der Waals surface area contributed by atoms with E-state index in [9.17, 15) is 22.4 Å². The number of hydrogen-bond acceptors (Lipinski definition) is 5. The fourth-order valence-corrected chi connectivity index (χ4v) is 2.19. The van der Waals surface area contributed by atoms with Crippen molar-refractivity contribution in [3.63, 3.8) is 0 Å². The lowest BCUT2D eigenvalue weighted by Crippen LogP contribution is -2.39. The summed E-state index contributed by atoms with van der Waals surface area (Å²) in [6.45, 7) is 3.14. The average molecular weight is 338 g/mol. The highest BCUT2D eigenvalue weighted by Crippen LogP contribution is 2.18. The number of hydrogen-bond donors (Lipinski definition) is 1. The summed E-state index contributed by atoms with van der Waals surface area (Å²) in [7, 11) is 0.982. The smallest absolute Gasteiger partial charge is 0.328 e. The number of ether oxygens (including phenoxy) is 1. The highest BCUT2D eigenvalue weighted by molar-refractivity contribution is 8.13. The summed E-state index contributed by atoms with van der Waals surface area (Å²) in [4.78, 5) is 22.7. The Morgan fingerprint density at radius 1 is 1.43 bits per heavy atom. The third kappa shape index (κ3) is 4.68. The molecular formula is C12H13ClFNO5S. The molecule has 9 heteroatoms. The van der Waals surface area contributed by atoms with Crippen LogP contribution >= 0.6 is 10.7 Å². The molecule has 1 atom stereocenters. The Morgan fingerprint density at radius 2 is 2.05 bits per heavy atom. The number of halogens is 2. The van der Waals surface area contributed by atoms with Gasteiger partial charge in [0.2, 0.25) is 0 Å². The van der Waals surface area contributed by atoms with Crippen LogP contribution < -0.4 is 5.32 Å². The minimum absolute atomic E-state index is 0.148. The molecule has 0 aliphatic carbocycles. The molecule has 0 saturated heterocycles. The highest BCUT2D eigenvalue weighted by Gasteiger charge is 2.21. The van der Waals surface area contributed by atoms with Gasteiger partial charge in [0, 0.05) is 10.7 Å². The molecule has 0 spiro atoms. The van der Waals surface area contributed by atoms with E-state index >= 15 is 0 Å². The van der Waals surface area contributed by atoms with Gasteiger partial charge in [-0.25, -0.2) is 17.6 Å². The van der Waals surface area contributed by atoms with Crippen LogP contribution in [0.1, 0.15) is 24.2 Å². The number of amides is 1. The lowest BCUT2D eigenvalue weighted by atomic mass is 10.2. The molecule has 0 bridgehead atoms. The third-order valence-electron chi connectivity index (χ3n) is 2.45. The van der Waals surface area contributed by atoms with Crippen LogP contribution in [0.5, 0.6) is 0 Å². The van der Waals surface area contributed by atoms with Gasteiger partial charge in [-0.2, -0.15) is 0 Å². The standard InChI is InChI=1S/C12H13ClFNO5S/c1-3-20-12(17)7(2)15-11(16)9-5-4-8(6-10(9)14)21(13,18)19/h4-7H,3H2,1-2H3,(H,15,16). The van der Waals surface area contributed by atoms with Gasteiger partial charge in [-0.3, -0.25) is 4.79 Å². The van der Waals surface area contributed by atoms with Gasteiger partial charge in [-0.1, -0.05) is 0 Å². The zero-order valence-corrected chi connectivity index (χ0v) is 12.8. The molecule has 1 amide bonds. The van der Waals surface area contributed by atoms with Gasteiger partial charge in [0.05, 0.1) is 17.1 Å². The number of nitrogens with one attached hydrogen (secondary N) is 1. The number of esters is 1. The van der Waals surface area contributed by atoms with Gasteiger partial charge in [-0.15, -0.1) is 0 Å². The maximum atomic E-state index is 13.7. The quantitative estimate of drug-likeness (QED) is 0.648. The Labute approximate surface area is 125 Å². The molecule has 1 rings (SSSR count). The van der Waals surface area contributed by atoms with Crippen molar-refractivity contribution in [2.75, 3.05) is 6.61 Å². The first kappa shape index (κ1) is 17.4. The molecule has 0 aliphatic rings. The molecular weight excluding hydrogens is 325 g/mol. The van der Waals surface area contributed by atoms with Crippen LogP contribution in [0.15, 0.2) is 23.1 Å². The second-order valence-electron chi connectivity index (χ2n) is 4.03. The molecule has 0 heterocycles. The van der Waals surface area contributed by atoms with E-state index in [1.54, 1.807) is 6.92 Å². The minimum Gasteiger partial charge on any atom is -0.464 e. The van der Waals surface area contributed by atoms with Crippen LogP contribution in [-0.2, 0) is 18.6 Å². The molecule has 1 aromatic carbocycles. The van der Waals surface area contributed by atoms with Crippen molar-refractivity contribution in [2.24, 2.45) is 0 Å². The molecule has 6 nitrogen and oxygen atoms in total. The summed E-state index contributed by atoms with van der Waals surface area (Å²) in [6, 6.07) is 1.63. The van der Waals surface area contributed by atoms with E-state index in [4.69, 9.17) is 15.4 Å². The predicted octanol–water partition coefficient (Wildman–Crippen LogP) is 1.43. The molecule has 1 unspecified atom stereocenters. The summed E-state index contributed by atoms with van der Waals surface area (Å²) in [5.74, 6) is -2.59. The van der Waals surface area contributed by atoms with Crippen LogP contribution in [0.25, 0.3) is 0 Å². The molecule has 116 valence electrons. The summed E-state index contributed by atoms with van der Waals surface area (Å²) >= 11 is 0. The van der Waals surface area contributed by atoms with E-state index in [0.29, 0.717) is 6.07 Å². The van der Waals surface area contributed by atoms with Crippen LogP contribution in [0.2, 0.25) is 0 Å².